The number of nitrogens with zero attached hydrogens (tertiary/aromatic N) is 3. The summed E-state index contributed by atoms with van der Waals surface area (Å²) in [4.78, 5) is 9.06. The fraction of sp³-hybridized carbons (Fsp3) is 0.333. The number of rotatable bonds is 3. The molecule has 0 unspecified atom stereocenters. The van der Waals surface area contributed by atoms with Crippen LogP contribution in [-0.2, 0) is 12.4 Å². The number of para-hydroxylation sites is 1. The summed E-state index contributed by atoms with van der Waals surface area (Å²) in [5.41, 5.74) is 3.07. The Hall–Kier alpha value is -1.61. The molecule has 0 saturated carbocycles. The Morgan fingerprint density at radius 1 is 1.21 bits per heavy atom. The highest BCUT2D eigenvalue weighted by Gasteiger charge is 2.14. The zero-order chi connectivity index (χ0) is 13.4. The zero-order valence-corrected chi connectivity index (χ0v) is 11.9. The molecule has 0 aliphatic rings. The Kier molecular flexibility index (Phi) is 3.15. The van der Waals surface area contributed by atoms with E-state index in [4.69, 9.17) is 11.6 Å². The van der Waals surface area contributed by atoms with Crippen LogP contribution in [0.4, 0.5) is 0 Å². The van der Waals surface area contributed by atoms with Gasteiger partial charge in [-0.25, -0.2) is 4.98 Å². The average Bonchev–Trinajstić information content (AvgIpc) is 2.76. The van der Waals surface area contributed by atoms with Gasteiger partial charge in [-0.1, -0.05) is 32.0 Å². The highest BCUT2D eigenvalue weighted by atomic mass is 35.5. The van der Waals surface area contributed by atoms with Crippen molar-refractivity contribution < 1.29 is 0 Å². The van der Waals surface area contributed by atoms with E-state index in [1.54, 1.807) is 0 Å². The minimum absolute atomic E-state index is 0.426. The quantitative estimate of drug-likeness (QED) is 0.676. The first kappa shape index (κ1) is 12.4. The van der Waals surface area contributed by atoms with Crippen molar-refractivity contribution >= 4 is 33.5 Å². The highest BCUT2D eigenvalue weighted by molar-refractivity contribution is 6.17. The van der Waals surface area contributed by atoms with Crippen LogP contribution in [0.3, 0.4) is 0 Å². The van der Waals surface area contributed by atoms with Gasteiger partial charge in [0.05, 0.1) is 23.1 Å². The van der Waals surface area contributed by atoms with Gasteiger partial charge < -0.3 is 4.57 Å². The Labute approximate surface area is 117 Å². The Bertz CT molecular complexity index is 731. The van der Waals surface area contributed by atoms with Gasteiger partial charge in [-0.15, -0.1) is 11.6 Å². The van der Waals surface area contributed by atoms with Gasteiger partial charge in [0, 0.05) is 11.9 Å². The standard InChI is InChI=1S/C15H16ClN3/c1-10(2)9-19-14(7-16)18-13-8-17-12-6-4-3-5-11(12)15(13)19/h3-6,8,10H,7,9H2,1-2H3. The van der Waals surface area contributed by atoms with Crippen LogP contribution in [0.5, 0.6) is 0 Å². The molecule has 3 rings (SSSR count). The molecule has 0 atom stereocenters. The Morgan fingerprint density at radius 3 is 2.74 bits per heavy atom. The zero-order valence-electron chi connectivity index (χ0n) is 11.1. The van der Waals surface area contributed by atoms with Crippen LogP contribution in [0, 0.1) is 5.92 Å². The van der Waals surface area contributed by atoms with E-state index < -0.39 is 0 Å². The largest absolute Gasteiger partial charge is 0.326 e. The summed E-state index contributed by atoms with van der Waals surface area (Å²) in [6.07, 6.45) is 1.84. The normalized spacial score (nSPS) is 11.8. The molecular weight excluding hydrogens is 258 g/mol. The maximum atomic E-state index is 6.03. The summed E-state index contributed by atoms with van der Waals surface area (Å²) in [5, 5.41) is 1.14. The van der Waals surface area contributed by atoms with Gasteiger partial charge in [-0.2, -0.15) is 0 Å². The summed E-state index contributed by atoms with van der Waals surface area (Å²) in [6, 6.07) is 8.17. The van der Waals surface area contributed by atoms with E-state index >= 15 is 0 Å². The smallest absolute Gasteiger partial charge is 0.124 e. The predicted octanol–water partition coefficient (Wildman–Crippen LogP) is 3.98. The molecule has 3 nitrogen and oxygen atoms in total. The molecule has 0 aliphatic carbocycles. The summed E-state index contributed by atoms with van der Waals surface area (Å²) < 4.78 is 2.23. The molecule has 3 aromatic rings. The lowest BCUT2D eigenvalue weighted by Crippen LogP contribution is -2.07. The first-order chi connectivity index (χ1) is 9.20. The van der Waals surface area contributed by atoms with E-state index in [0.29, 0.717) is 11.8 Å². The first-order valence-electron chi connectivity index (χ1n) is 6.49. The number of benzene rings is 1. The lowest BCUT2D eigenvalue weighted by Gasteiger charge is -2.11. The lowest BCUT2D eigenvalue weighted by molar-refractivity contribution is 0.523. The maximum absolute atomic E-state index is 6.03. The molecule has 2 aromatic heterocycles. The molecule has 0 aliphatic heterocycles. The maximum Gasteiger partial charge on any atom is 0.124 e. The molecule has 0 N–H and O–H groups in total. The molecule has 0 radical (unpaired) electrons. The molecule has 2 heterocycles. The third kappa shape index (κ3) is 2.08. The van der Waals surface area contributed by atoms with Crippen LogP contribution in [0.1, 0.15) is 19.7 Å². The van der Waals surface area contributed by atoms with Crippen molar-refractivity contribution in [3.05, 3.63) is 36.3 Å². The van der Waals surface area contributed by atoms with Crippen LogP contribution in [0.15, 0.2) is 30.5 Å². The SMILES string of the molecule is CC(C)Cn1c(CCl)nc2cnc3ccccc3c21. The number of hydrogen-bond donors (Lipinski definition) is 0. The second-order valence-electron chi connectivity index (χ2n) is 5.18. The van der Waals surface area contributed by atoms with E-state index in [1.807, 2.05) is 24.4 Å². The number of aromatic nitrogens is 3. The van der Waals surface area contributed by atoms with Crippen molar-refractivity contribution in [2.75, 3.05) is 0 Å². The van der Waals surface area contributed by atoms with Crippen LogP contribution in [0.2, 0.25) is 0 Å². The van der Waals surface area contributed by atoms with Crippen molar-refractivity contribution in [1.29, 1.82) is 0 Å². The fourth-order valence-electron chi connectivity index (χ4n) is 2.47. The van der Waals surface area contributed by atoms with Gasteiger partial charge in [0.2, 0.25) is 0 Å². The second-order valence-corrected chi connectivity index (χ2v) is 5.44. The van der Waals surface area contributed by atoms with Gasteiger partial charge in [0.15, 0.2) is 0 Å². The monoisotopic (exact) mass is 273 g/mol. The molecule has 0 saturated heterocycles. The summed E-state index contributed by atoms with van der Waals surface area (Å²) in [5.74, 6) is 1.89. The van der Waals surface area contributed by atoms with Crippen molar-refractivity contribution in [3.63, 3.8) is 0 Å². The number of halogens is 1. The molecule has 4 heteroatoms. The second kappa shape index (κ2) is 4.82. The van der Waals surface area contributed by atoms with E-state index in [1.165, 1.54) is 0 Å². The topological polar surface area (TPSA) is 30.7 Å². The number of imidazole rings is 1. The van der Waals surface area contributed by atoms with Gasteiger partial charge >= 0.3 is 0 Å². The van der Waals surface area contributed by atoms with E-state index in [-0.39, 0.29) is 0 Å². The molecule has 0 bridgehead atoms. The number of hydrogen-bond acceptors (Lipinski definition) is 2. The van der Waals surface area contributed by atoms with Crippen molar-refractivity contribution in [2.24, 2.45) is 5.92 Å². The number of fused-ring (bicyclic) bond motifs is 3. The van der Waals surface area contributed by atoms with Gasteiger partial charge in [-0.05, 0) is 12.0 Å². The minimum atomic E-state index is 0.426. The molecular formula is C15H16ClN3. The number of pyridine rings is 1. The van der Waals surface area contributed by atoms with Gasteiger partial charge in [-0.3, -0.25) is 4.98 Å². The summed E-state index contributed by atoms with van der Waals surface area (Å²) in [6.45, 7) is 5.33. The molecule has 19 heavy (non-hydrogen) atoms. The summed E-state index contributed by atoms with van der Waals surface area (Å²) >= 11 is 6.03. The fourth-order valence-corrected chi connectivity index (χ4v) is 2.68. The molecule has 0 fully saturated rings. The molecule has 0 spiro atoms. The van der Waals surface area contributed by atoms with Gasteiger partial charge in [0.1, 0.15) is 11.3 Å². The van der Waals surface area contributed by atoms with Gasteiger partial charge in [0.25, 0.3) is 0 Å². The van der Waals surface area contributed by atoms with Crippen molar-refractivity contribution in [3.8, 4) is 0 Å². The Balaban J connectivity index is 2.38. The van der Waals surface area contributed by atoms with Crippen LogP contribution in [-0.4, -0.2) is 14.5 Å². The third-order valence-electron chi connectivity index (χ3n) is 3.23. The van der Waals surface area contributed by atoms with Crippen LogP contribution >= 0.6 is 11.6 Å². The van der Waals surface area contributed by atoms with Crippen molar-refractivity contribution in [1.82, 2.24) is 14.5 Å². The van der Waals surface area contributed by atoms with Crippen LogP contribution in [0.25, 0.3) is 21.9 Å². The minimum Gasteiger partial charge on any atom is -0.326 e. The molecule has 1 aromatic carbocycles. The van der Waals surface area contributed by atoms with E-state index in [0.717, 1.165) is 34.3 Å². The highest BCUT2D eigenvalue weighted by Crippen LogP contribution is 2.26. The Morgan fingerprint density at radius 2 is 2.00 bits per heavy atom. The van der Waals surface area contributed by atoms with Crippen molar-refractivity contribution in [2.45, 2.75) is 26.3 Å². The summed E-state index contributed by atoms with van der Waals surface area (Å²) in [7, 11) is 0. The average molecular weight is 274 g/mol. The van der Waals surface area contributed by atoms with Crippen LogP contribution < -0.4 is 0 Å². The lowest BCUT2D eigenvalue weighted by atomic mass is 10.1. The van der Waals surface area contributed by atoms with E-state index in [9.17, 15) is 0 Å². The molecule has 0 amide bonds. The van der Waals surface area contributed by atoms with E-state index in [2.05, 4.69) is 34.4 Å². The predicted molar refractivity (Wildman–Crippen MR) is 79.4 cm³/mol. The third-order valence-corrected chi connectivity index (χ3v) is 3.46. The number of alkyl halides is 1. The molecule has 98 valence electrons. The first-order valence-corrected chi connectivity index (χ1v) is 7.03.